The second-order valence-electron chi connectivity index (χ2n) is 5.83. The smallest absolute Gasteiger partial charge is 0.325 e. The molecule has 5 heteroatoms. The molecule has 4 nitrogen and oxygen atoms in total. The van der Waals surface area contributed by atoms with Gasteiger partial charge in [-0.1, -0.05) is 34.1 Å². The lowest BCUT2D eigenvalue weighted by atomic mass is 9.90. The molecule has 112 valence electrons. The zero-order valence-electron chi connectivity index (χ0n) is 12.0. The third-order valence-corrected chi connectivity index (χ3v) is 4.79. The van der Waals surface area contributed by atoms with Gasteiger partial charge in [-0.3, -0.25) is 4.90 Å². The molecule has 2 aromatic rings. The maximum atomic E-state index is 12.6. The minimum atomic E-state index is -0.685. The molecule has 0 spiro atoms. The van der Waals surface area contributed by atoms with Crippen LogP contribution in [-0.2, 0) is 0 Å². The Morgan fingerprint density at radius 1 is 1.23 bits per heavy atom. The normalized spacial score (nSPS) is 26.0. The van der Waals surface area contributed by atoms with Crippen LogP contribution in [0, 0.1) is 0 Å². The van der Waals surface area contributed by atoms with E-state index in [1.807, 2.05) is 55.5 Å². The summed E-state index contributed by atoms with van der Waals surface area (Å²) in [5, 5.41) is 3.09. The van der Waals surface area contributed by atoms with Gasteiger partial charge in [-0.15, -0.1) is 0 Å². The van der Waals surface area contributed by atoms with Gasteiger partial charge in [0.15, 0.2) is 5.72 Å². The summed E-state index contributed by atoms with van der Waals surface area (Å²) >= 11 is 3.42. The fourth-order valence-electron chi connectivity index (χ4n) is 3.30. The summed E-state index contributed by atoms with van der Waals surface area (Å²) in [5.74, 6) is 0.836. The average Bonchev–Trinajstić information content (AvgIpc) is 2.48. The van der Waals surface area contributed by atoms with E-state index < -0.39 is 5.72 Å². The van der Waals surface area contributed by atoms with Gasteiger partial charge in [-0.2, -0.15) is 0 Å². The number of para-hydroxylation sites is 1. The summed E-state index contributed by atoms with van der Waals surface area (Å²) in [7, 11) is 0. The number of carbonyl (C=O) groups is 1. The van der Waals surface area contributed by atoms with Crippen LogP contribution in [-0.4, -0.2) is 11.8 Å². The van der Waals surface area contributed by atoms with Crippen LogP contribution in [0.25, 0.3) is 0 Å². The van der Waals surface area contributed by atoms with Crippen LogP contribution in [0.2, 0.25) is 0 Å². The van der Waals surface area contributed by atoms with Gasteiger partial charge in [0, 0.05) is 22.1 Å². The van der Waals surface area contributed by atoms with Crippen LogP contribution in [0.3, 0.4) is 0 Å². The Hall–Kier alpha value is -2.01. The Kier molecular flexibility index (Phi) is 2.94. The molecule has 2 atom stereocenters. The number of ether oxygens (including phenoxy) is 1. The number of fused-ring (bicyclic) bond motifs is 4. The van der Waals surface area contributed by atoms with Crippen molar-refractivity contribution in [1.82, 2.24) is 5.32 Å². The quantitative estimate of drug-likeness (QED) is 0.829. The summed E-state index contributed by atoms with van der Waals surface area (Å²) in [5.41, 5.74) is 1.18. The van der Waals surface area contributed by atoms with Gasteiger partial charge in [-0.25, -0.2) is 4.79 Å². The van der Waals surface area contributed by atoms with Crippen LogP contribution in [0.15, 0.2) is 53.0 Å². The zero-order valence-corrected chi connectivity index (χ0v) is 13.6. The van der Waals surface area contributed by atoms with Gasteiger partial charge in [-0.05, 0) is 37.3 Å². The van der Waals surface area contributed by atoms with Gasteiger partial charge in [0.25, 0.3) is 0 Å². The molecule has 2 amide bonds. The molecule has 2 bridgehead atoms. The molecule has 22 heavy (non-hydrogen) atoms. The molecule has 0 aliphatic carbocycles. The van der Waals surface area contributed by atoms with Crippen molar-refractivity contribution in [3.05, 3.63) is 58.6 Å². The zero-order chi connectivity index (χ0) is 15.3. The van der Waals surface area contributed by atoms with Crippen LogP contribution >= 0.6 is 15.9 Å². The Balaban J connectivity index is 1.80. The number of urea groups is 1. The molecule has 2 aliphatic rings. The third kappa shape index (κ3) is 2.00. The molecule has 2 aromatic carbocycles. The number of amides is 2. The minimum Gasteiger partial charge on any atom is -0.467 e. The number of carbonyl (C=O) groups excluding carboxylic acids is 1. The highest BCUT2D eigenvalue weighted by Gasteiger charge is 2.49. The SMILES string of the molecule is CC12CC(NC(=O)N1c1ccc(Br)cc1)c1ccccc1O2. The summed E-state index contributed by atoms with van der Waals surface area (Å²) in [6, 6.07) is 15.4. The monoisotopic (exact) mass is 358 g/mol. The van der Waals surface area contributed by atoms with E-state index in [1.165, 1.54) is 0 Å². The summed E-state index contributed by atoms with van der Waals surface area (Å²) in [6.07, 6.45) is 0.714. The van der Waals surface area contributed by atoms with Gasteiger partial charge in [0.2, 0.25) is 0 Å². The number of nitrogens with one attached hydrogen (secondary N) is 1. The molecule has 2 aliphatic heterocycles. The molecular formula is C17H15BrN2O2. The van der Waals surface area contributed by atoms with E-state index in [0.717, 1.165) is 21.5 Å². The van der Waals surface area contributed by atoms with Crippen LogP contribution in [0.1, 0.15) is 24.9 Å². The second kappa shape index (κ2) is 4.74. The maximum Gasteiger partial charge on any atom is 0.325 e. The molecule has 1 saturated heterocycles. The first-order valence-electron chi connectivity index (χ1n) is 7.21. The average molecular weight is 359 g/mol. The first-order chi connectivity index (χ1) is 10.6. The van der Waals surface area contributed by atoms with E-state index in [1.54, 1.807) is 4.90 Å². The molecule has 0 aromatic heterocycles. The second-order valence-corrected chi connectivity index (χ2v) is 6.75. The first kappa shape index (κ1) is 13.6. The van der Waals surface area contributed by atoms with Crippen molar-refractivity contribution in [2.75, 3.05) is 4.90 Å². The van der Waals surface area contributed by atoms with E-state index >= 15 is 0 Å². The van der Waals surface area contributed by atoms with Gasteiger partial charge in [0.1, 0.15) is 5.75 Å². The van der Waals surface area contributed by atoms with Crippen LogP contribution in [0.4, 0.5) is 10.5 Å². The largest absolute Gasteiger partial charge is 0.467 e. The van der Waals surface area contributed by atoms with Crippen molar-refractivity contribution < 1.29 is 9.53 Å². The van der Waals surface area contributed by atoms with E-state index in [9.17, 15) is 4.79 Å². The Labute approximate surface area is 137 Å². The first-order valence-corrected chi connectivity index (χ1v) is 8.00. The molecule has 0 radical (unpaired) electrons. The van der Waals surface area contributed by atoms with E-state index in [0.29, 0.717) is 6.42 Å². The molecule has 4 rings (SSSR count). The maximum absolute atomic E-state index is 12.6. The van der Waals surface area contributed by atoms with Gasteiger partial charge < -0.3 is 10.1 Å². The fraction of sp³-hybridized carbons (Fsp3) is 0.235. The summed E-state index contributed by atoms with van der Waals surface area (Å²) in [4.78, 5) is 14.3. The summed E-state index contributed by atoms with van der Waals surface area (Å²) < 4.78 is 7.19. The molecule has 2 unspecified atom stereocenters. The number of anilines is 1. The number of rotatable bonds is 1. The standard InChI is InChI=1S/C17H15BrN2O2/c1-17-10-14(13-4-2-3-5-15(13)22-17)19-16(21)20(17)12-8-6-11(18)7-9-12/h2-9,14H,10H2,1H3,(H,19,21). The fourth-order valence-corrected chi connectivity index (χ4v) is 3.57. The van der Waals surface area contributed by atoms with Crippen molar-refractivity contribution in [2.45, 2.75) is 25.1 Å². The van der Waals surface area contributed by atoms with Crippen molar-refractivity contribution in [3.63, 3.8) is 0 Å². The van der Waals surface area contributed by atoms with Gasteiger partial charge >= 0.3 is 6.03 Å². The molecule has 1 fully saturated rings. The highest BCUT2D eigenvalue weighted by atomic mass is 79.9. The Bertz CT molecular complexity index is 747. The number of benzene rings is 2. The summed E-state index contributed by atoms with van der Waals surface area (Å²) in [6.45, 7) is 1.97. The number of halogens is 1. The lowest BCUT2D eigenvalue weighted by molar-refractivity contribution is 0.0379. The predicted octanol–water partition coefficient (Wildman–Crippen LogP) is 4.22. The molecule has 0 saturated carbocycles. The highest BCUT2D eigenvalue weighted by Crippen LogP contribution is 2.45. The highest BCUT2D eigenvalue weighted by molar-refractivity contribution is 9.10. The Morgan fingerprint density at radius 2 is 1.95 bits per heavy atom. The van der Waals surface area contributed by atoms with E-state index in [2.05, 4.69) is 21.2 Å². The minimum absolute atomic E-state index is 0.00542. The molecular weight excluding hydrogens is 344 g/mol. The van der Waals surface area contributed by atoms with Crippen molar-refractivity contribution in [2.24, 2.45) is 0 Å². The Morgan fingerprint density at radius 3 is 2.73 bits per heavy atom. The number of hydrogen-bond donors (Lipinski definition) is 1. The topological polar surface area (TPSA) is 41.6 Å². The van der Waals surface area contributed by atoms with E-state index in [4.69, 9.17) is 4.74 Å². The molecule has 2 heterocycles. The van der Waals surface area contributed by atoms with Crippen molar-refractivity contribution in [3.8, 4) is 5.75 Å². The predicted molar refractivity (Wildman–Crippen MR) is 88.0 cm³/mol. The van der Waals surface area contributed by atoms with Crippen molar-refractivity contribution >= 4 is 27.6 Å². The van der Waals surface area contributed by atoms with Crippen LogP contribution in [0.5, 0.6) is 5.75 Å². The lowest BCUT2D eigenvalue weighted by Gasteiger charge is -2.50. The third-order valence-electron chi connectivity index (χ3n) is 4.27. The van der Waals surface area contributed by atoms with Gasteiger partial charge in [0.05, 0.1) is 6.04 Å². The molecule has 1 N–H and O–H groups in total. The number of hydrogen-bond acceptors (Lipinski definition) is 2. The lowest BCUT2D eigenvalue weighted by Crippen LogP contribution is -2.65. The van der Waals surface area contributed by atoms with Crippen molar-refractivity contribution in [1.29, 1.82) is 0 Å². The van der Waals surface area contributed by atoms with Crippen LogP contribution < -0.4 is 15.0 Å². The van der Waals surface area contributed by atoms with E-state index in [-0.39, 0.29) is 12.1 Å². The number of nitrogens with zero attached hydrogens (tertiary/aromatic N) is 1.